The molecule has 0 fully saturated rings. The molecule has 0 unspecified atom stereocenters. The average Bonchev–Trinajstić information content (AvgIpc) is 3.31. The highest BCUT2D eigenvalue weighted by Gasteiger charge is 2.15. The molecule has 3 rings (SSSR count). The number of likely N-dealkylation sites (N-methyl/N-ethyl adjacent to an activating group) is 1. The van der Waals surface area contributed by atoms with Crippen LogP contribution >= 0.6 is 0 Å². The molecule has 0 amide bonds. The van der Waals surface area contributed by atoms with Gasteiger partial charge in [0.25, 0.3) is 0 Å². The number of benzene rings is 1. The van der Waals surface area contributed by atoms with E-state index in [0.717, 1.165) is 37.4 Å². The number of rotatable bonds is 13. The average molecular weight is 469 g/mol. The van der Waals surface area contributed by atoms with Crippen molar-refractivity contribution in [3.63, 3.8) is 0 Å². The molecule has 0 aliphatic heterocycles. The number of carbonyl (C=O) groups is 1. The molecular weight excluding hydrogens is 435 g/mol. The van der Waals surface area contributed by atoms with Gasteiger partial charge in [-0.2, -0.15) is 5.10 Å². The van der Waals surface area contributed by atoms with Crippen molar-refractivity contribution < 1.29 is 13.9 Å². The van der Waals surface area contributed by atoms with Gasteiger partial charge in [0.1, 0.15) is 0 Å². The van der Waals surface area contributed by atoms with E-state index in [1.54, 1.807) is 31.6 Å². The van der Waals surface area contributed by atoms with E-state index >= 15 is 0 Å². The summed E-state index contributed by atoms with van der Waals surface area (Å²) in [5.41, 5.74) is 2.59. The molecule has 0 radical (unpaired) electrons. The number of ketones is 1. The molecule has 0 aliphatic rings. The lowest BCUT2D eigenvalue weighted by molar-refractivity contribution is 0.0987. The Morgan fingerprint density at radius 1 is 1.12 bits per heavy atom. The first kappa shape index (κ1) is 25.3. The van der Waals surface area contributed by atoms with E-state index in [1.807, 2.05) is 10.9 Å². The molecule has 2 heterocycles. The third-order valence-corrected chi connectivity index (χ3v) is 5.80. The summed E-state index contributed by atoms with van der Waals surface area (Å²) in [5, 5.41) is 7.54. The zero-order valence-electron chi connectivity index (χ0n) is 20.3. The molecule has 0 saturated carbocycles. The molecule has 0 aliphatic carbocycles. The highest BCUT2D eigenvalue weighted by Crippen LogP contribution is 2.25. The molecule has 34 heavy (non-hydrogen) atoms. The normalized spacial score (nSPS) is 11.1. The number of Topliss-reactive ketones (excluding diaryl/α,β-unsaturated/α-hetero) is 1. The summed E-state index contributed by atoms with van der Waals surface area (Å²) in [6, 6.07) is 3.07. The summed E-state index contributed by atoms with van der Waals surface area (Å²) in [6.07, 6.45) is 8.41. The Balaban J connectivity index is 1.59. The number of hydrogen-bond donors (Lipinski definition) is 1. The van der Waals surface area contributed by atoms with Gasteiger partial charge in [-0.25, -0.2) is 14.4 Å². The SMILES string of the molecule is CCC(=O)c1cc(CCc2cnc(Nc3cnn(CCN(CC)CC)c3)nc2)c(F)c(OC)c1. The van der Waals surface area contributed by atoms with Gasteiger partial charge < -0.3 is 15.0 Å². The van der Waals surface area contributed by atoms with Gasteiger partial charge in [-0.05, 0) is 49.2 Å². The second-order valence-corrected chi connectivity index (χ2v) is 7.99. The fraction of sp³-hybridized carbons (Fsp3) is 0.440. The lowest BCUT2D eigenvalue weighted by Crippen LogP contribution is -2.27. The third-order valence-electron chi connectivity index (χ3n) is 5.80. The molecule has 1 N–H and O–H groups in total. The van der Waals surface area contributed by atoms with Gasteiger partial charge >= 0.3 is 0 Å². The lowest BCUT2D eigenvalue weighted by atomic mass is 10.00. The Hall–Kier alpha value is -3.33. The zero-order chi connectivity index (χ0) is 24.5. The van der Waals surface area contributed by atoms with Crippen LogP contribution in [0, 0.1) is 5.82 Å². The van der Waals surface area contributed by atoms with E-state index in [0.29, 0.717) is 36.3 Å². The number of nitrogens with one attached hydrogen (secondary N) is 1. The number of carbonyl (C=O) groups excluding carboxylic acids is 1. The lowest BCUT2D eigenvalue weighted by Gasteiger charge is -2.17. The van der Waals surface area contributed by atoms with E-state index < -0.39 is 5.82 Å². The number of ether oxygens (including phenoxy) is 1. The first-order valence-corrected chi connectivity index (χ1v) is 11.7. The van der Waals surface area contributed by atoms with Gasteiger partial charge in [-0.15, -0.1) is 0 Å². The van der Waals surface area contributed by atoms with Crippen molar-refractivity contribution in [3.8, 4) is 5.75 Å². The molecule has 2 aromatic heterocycles. The number of anilines is 2. The molecule has 0 bridgehead atoms. The van der Waals surface area contributed by atoms with Crippen LogP contribution in [0.5, 0.6) is 5.75 Å². The Labute approximate surface area is 200 Å². The standard InChI is InChI=1S/C25H33FN6O2/c1-5-22(33)20-12-19(24(26)23(13-20)34-4)9-8-18-14-27-25(28-15-18)30-21-16-29-32(17-21)11-10-31(6-2)7-3/h12-17H,5-11H2,1-4H3,(H,27,28,30). The van der Waals surface area contributed by atoms with E-state index in [4.69, 9.17) is 4.74 Å². The third kappa shape index (κ3) is 6.60. The van der Waals surface area contributed by atoms with Crippen LogP contribution in [0.1, 0.15) is 48.7 Å². The number of aromatic nitrogens is 4. The number of nitrogens with zero attached hydrogens (tertiary/aromatic N) is 5. The number of halogens is 1. The minimum atomic E-state index is -0.438. The van der Waals surface area contributed by atoms with Crippen molar-refractivity contribution in [1.29, 1.82) is 0 Å². The highest BCUT2D eigenvalue weighted by atomic mass is 19.1. The predicted molar refractivity (Wildman–Crippen MR) is 130 cm³/mol. The minimum absolute atomic E-state index is 0.0466. The van der Waals surface area contributed by atoms with Crippen LogP contribution in [0.4, 0.5) is 16.0 Å². The van der Waals surface area contributed by atoms with Gasteiger partial charge in [0.2, 0.25) is 5.95 Å². The maximum absolute atomic E-state index is 14.7. The van der Waals surface area contributed by atoms with Crippen LogP contribution in [-0.4, -0.2) is 57.2 Å². The van der Waals surface area contributed by atoms with Crippen LogP contribution in [0.25, 0.3) is 0 Å². The molecule has 0 atom stereocenters. The minimum Gasteiger partial charge on any atom is -0.494 e. The summed E-state index contributed by atoms with van der Waals surface area (Å²) < 4.78 is 21.7. The van der Waals surface area contributed by atoms with Gasteiger partial charge in [-0.1, -0.05) is 20.8 Å². The molecule has 0 spiro atoms. The maximum atomic E-state index is 14.7. The van der Waals surface area contributed by atoms with Crippen LogP contribution < -0.4 is 10.1 Å². The molecule has 8 nitrogen and oxygen atoms in total. The van der Waals surface area contributed by atoms with E-state index in [9.17, 15) is 9.18 Å². The van der Waals surface area contributed by atoms with Gasteiger partial charge in [0.15, 0.2) is 17.3 Å². The second kappa shape index (κ2) is 12.2. The summed E-state index contributed by atoms with van der Waals surface area (Å²) in [6.45, 7) is 9.88. The summed E-state index contributed by atoms with van der Waals surface area (Å²) in [7, 11) is 1.40. The van der Waals surface area contributed by atoms with Crippen molar-refractivity contribution in [2.24, 2.45) is 0 Å². The highest BCUT2D eigenvalue weighted by molar-refractivity contribution is 5.96. The van der Waals surface area contributed by atoms with Crippen molar-refractivity contribution in [3.05, 3.63) is 59.4 Å². The maximum Gasteiger partial charge on any atom is 0.227 e. The Morgan fingerprint density at radius 3 is 2.50 bits per heavy atom. The monoisotopic (exact) mass is 468 g/mol. The molecule has 0 saturated heterocycles. The Bertz CT molecular complexity index is 1080. The van der Waals surface area contributed by atoms with E-state index in [-0.39, 0.29) is 11.5 Å². The van der Waals surface area contributed by atoms with E-state index in [1.165, 1.54) is 13.2 Å². The first-order valence-electron chi connectivity index (χ1n) is 11.7. The molecule has 9 heteroatoms. The predicted octanol–water partition coefficient (Wildman–Crippen LogP) is 4.28. The first-order chi connectivity index (χ1) is 16.5. The Morgan fingerprint density at radius 2 is 1.85 bits per heavy atom. The van der Waals surface area contributed by atoms with Crippen molar-refractivity contribution in [2.75, 3.05) is 32.1 Å². The quantitative estimate of drug-likeness (QED) is 0.375. The van der Waals surface area contributed by atoms with Crippen molar-refractivity contribution in [2.45, 2.75) is 46.6 Å². The summed E-state index contributed by atoms with van der Waals surface area (Å²) in [4.78, 5) is 23.2. The van der Waals surface area contributed by atoms with Gasteiger partial charge in [0.05, 0.1) is 25.5 Å². The van der Waals surface area contributed by atoms with Crippen molar-refractivity contribution >= 4 is 17.4 Å². The van der Waals surface area contributed by atoms with Crippen LogP contribution in [-0.2, 0) is 19.4 Å². The largest absolute Gasteiger partial charge is 0.494 e. The van der Waals surface area contributed by atoms with Crippen molar-refractivity contribution in [1.82, 2.24) is 24.6 Å². The van der Waals surface area contributed by atoms with Gasteiger partial charge in [-0.3, -0.25) is 9.48 Å². The topological polar surface area (TPSA) is 85.2 Å². The van der Waals surface area contributed by atoms with E-state index in [2.05, 4.69) is 39.1 Å². The smallest absolute Gasteiger partial charge is 0.227 e. The second-order valence-electron chi connectivity index (χ2n) is 7.99. The van der Waals surface area contributed by atoms with Crippen LogP contribution in [0.2, 0.25) is 0 Å². The summed E-state index contributed by atoms with van der Waals surface area (Å²) in [5.74, 6) is 0.0697. The number of hydrogen-bond acceptors (Lipinski definition) is 7. The molecular formula is C25H33FN6O2. The zero-order valence-corrected chi connectivity index (χ0v) is 20.3. The Kier molecular flexibility index (Phi) is 9.09. The fourth-order valence-electron chi connectivity index (χ4n) is 3.64. The molecule has 3 aromatic rings. The molecule has 182 valence electrons. The number of methoxy groups -OCH3 is 1. The van der Waals surface area contributed by atoms with Crippen LogP contribution in [0.15, 0.2) is 36.9 Å². The van der Waals surface area contributed by atoms with Gasteiger partial charge in [0, 0.05) is 37.1 Å². The fourth-order valence-corrected chi connectivity index (χ4v) is 3.64. The summed E-state index contributed by atoms with van der Waals surface area (Å²) >= 11 is 0. The van der Waals surface area contributed by atoms with Crippen LogP contribution in [0.3, 0.4) is 0 Å². The molecule has 1 aromatic carbocycles. The number of aryl methyl sites for hydroxylation is 2.